The Morgan fingerprint density at radius 3 is 2.87 bits per heavy atom. The normalized spacial score (nSPS) is 22.2. The van der Waals surface area contributed by atoms with Crippen LogP contribution in [0.4, 0.5) is 5.13 Å². The topological polar surface area (TPSA) is 54.5 Å². The summed E-state index contributed by atoms with van der Waals surface area (Å²) in [7, 11) is 0. The van der Waals surface area contributed by atoms with E-state index >= 15 is 0 Å². The molecular weight excluding hydrogens is 330 g/mol. The minimum absolute atomic E-state index is 0.0158. The van der Waals surface area contributed by atoms with Crippen molar-refractivity contribution in [1.82, 2.24) is 9.88 Å². The summed E-state index contributed by atoms with van der Waals surface area (Å²) in [6.07, 6.45) is 0.904. The standard InChI is InChI=1S/C16H21N3O2S2/c1-11-6-19(7-12(2)21-11)8-14-10-23-16(17-14)18-15(20)5-13-3-4-22-9-13/h3-4,9-12H,5-8H2,1-2H3,(H,17,18,20). The molecule has 1 N–H and O–H groups in total. The molecule has 0 radical (unpaired) electrons. The lowest BCUT2D eigenvalue weighted by molar-refractivity contribution is -0.115. The van der Waals surface area contributed by atoms with Gasteiger partial charge in [-0.3, -0.25) is 9.69 Å². The summed E-state index contributed by atoms with van der Waals surface area (Å²) in [5, 5.41) is 9.55. The second-order valence-electron chi connectivity index (χ2n) is 5.95. The fourth-order valence-electron chi connectivity index (χ4n) is 2.82. The number of hydrogen-bond donors (Lipinski definition) is 1. The number of hydrogen-bond acceptors (Lipinski definition) is 6. The van der Waals surface area contributed by atoms with Crippen LogP contribution in [0, 0.1) is 0 Å². The first-order valence-corrected chi connectivity index (χ1v) is 9.54. The van der Waals surface area contributed by atoms with Gasteiger partial charge < -0.3 is 10.1 Å². The predicted octanol–water partition coefficient (Wildman–Crippen LogP) is 3.00. The van der Waals surface area contributed by atoms with Crippen LogP contribution in [-0.2, 0) is 22.5 Å². The number of morpholine rings is 1. The van der Waals surface area contributed by atoms with E-state index in [1.165, 1.54) is 11.3 Å². The first kappa shape index (κ1) is 16.6. The van der Waals surface area contributed by atoms with Crippen molar-refractivity contribution < 1.29 is 9.53 Å². The SMILES string of the molecule is CC1CN(Cc2csc(NC(=O)Cc3ccsc3)n2)CC(C)O1. The maximum absolute atomic E-state index is 12.0. The Balaban J connectivity index is 1.52. The summed E-state index contributed by atoms with van der Waals surface area (Å²) >= 11 is 3.09. The van der Waals surface area contributed by atoms with Gasteiger partial charge in [0.2, 0.25) is 5.91 Å². The van der Waals surface area contributed by atoms with Crippen molar-refractivity contribution in [3.8, 4) is 0 Å². The largest absolute Gasteiger partial charge is 0.373 e. The molecule has 0 saturated carbocycles. The third kappa shape index (κ3) is 4.84. The molecule has 0 spiro atoms. The summed E-state index contributed by atoms with van der Waals surface area (Å²) < 4.78 is 5.75. The molecular formula is C16H21N3O2S2. The van der Waals surface area contributed by atoms with Crippen molar-refractivity contribution in [2.24, 2.45) is 0 Å². The Morgan fingerprint density at radius 1 is 1.39 bits per heavy atom. The van der Waals surface area contributed by atoms with Crippen molar-refractivity contribution in [3.63, 3.8) is 0 Å². The van der Waals surface area contributed by atoms with E-state index in [0.29, 0.717) is 11.6 Å². The van der Waals surface area contributed by atoms with Gasteiger partial charge in [0, 0.05) is 25.0 Å². The minimum Gasteiger partial charge on any atom is -0.373 e. The summed E-state index contributed by atoms with van der Waals surface area (Å²) in [5.74, 6) is -0.0158. The number of rotatable bonds is 5. The van der Waals surface area contributed by atoms with Gasteiger partial charge in [-0.25, -0.2) is 4.98 Å². The molecule has 1 aliphatic rings. The molecule has 2 aromatic rings. The maximum Gasteiger partial charge on any atom is 0.230 e. The zero-order chi connectivity index (χ0) is 16.2. The van der Waals surface area contributed by atoms with Crippen LogP contribution in [-0.4, -0.2) is 41.1 Å². The third-order valence-corrected chi connectivity index (χ3v) is 5.16. The van der Waals surface area contributed by atoms with Crippen LogP contribution < -0.4 is 5.32 Å². The molecule has 2 aromatic heterocycles. The number of carbonyl (C=O) groups is 1. The lowest BCUT2D eigenvalue weighted by Gasteiger charge is -2.34. The first-order chi connectivity index (χ1) is 11.1. The van der Waals surface area contributed by atoms with Gasteiger partial charge in [-0.1, -0.05) is 0 Å². The molecule has 1 fully saturated rings. The summed E-state index contributed by atoms with van der Waals surface area (Å²) in [4.78, 5) is 18.9. The van der Waals surface area contributed by atoms with Gasteiger partial charge in [0.25, 0.3) is 0 Å². The molecule has 1 aliphatic heterocycles. The Kier molecular flexibility index (Phi) is 5.42. The summed E-state index contributed by atoms with van der Waals surface area (Å²) in [6, 6.07) is 1.97. The highest BCUT2D eigenvalue weighted by molar-refractivity contribution is 7.13. The van der Waals surface area contributed by atoms with Gasteiger partial charge in [0.1, 0.15) is 0 Å². The second-order valence-corrected chi connectivity index (χ2v) is 7.59. The van der Waals surface area contributed by atoms with Gasteiger partial charge in [-0.15, -0.1) is 11.3 Å². The minimum atomic E-state index is -0.0158. The molecule has 2 atom stereocenters. The van der Waals surface area contributed by atoms with Crippen LogP contribution in [0.1, 0.15) is 25.1 Å². The van der Waals surface area contributed by atoms with Crippen LogP contribution in [0.2, 0.25) is 0 Å². The Hall–Kier alpha value is -1.28. The summed E-state index contributed by atoms with van der Waals surface area (Å²) in [5.41, 5.74) is 2.04. The van der Waals surface area contributed by atoms with E-state index in [0.717, 1.165) is 30.9 Å². The van der Waals surface area contributed by atoms with Crippen LogP contribution in [0.15, 0.2) is 22.2 Å². The van der Waals surface area contributed by atoms with Gasteiger partial charge in [-0.2, -0.15) is 11.3 Å². The van der Waals surface area contributed by atoms with Crippen molar-refractivity contribution in [2.75, 3.05) is 18.4 Å². The van der Waals surface area contributed by atoms with Gasteiger partial charge in [0.15, 0.2) is 5.13 Å². The molecule has 3 rings (SSSR count). The number of aromatic nitrogens is 1. The number of nitrogens with zero attached hydrogens (tertiary/aromatic N) is 2. The zero-order valence-corrected chi connectivity index (χ0v) is 15.0. The monoisotopic (exact) mass is 351 g/mol. The molecule has 3 heterocycles. The fraction of sp³-hybridized carbons (Fsp3) is 0.500. The van der Waals surface area contributed by atoms with Gasteiger partial charge >= 0.3 is 0 Å². The third-order valence-electron chi connectivity index (χ3n) is 3.62. The van der Waals surface area contributed by atoms with Crippen LogP contribution in [0.25, 0.3) is 0 Å². The smallest absolute Gasteiger partial charge is 0.230 e. The molecule has 1 amide bonds. The number of amides is 1. The van der Waals surface area contributed by atoms with E-state index in [1.54, 1.807) is 11.3 Å². The van der Waals surface area contributed by atoms with Crippen molar-refractivity contribution in [3.05, 3.63) is 33.5 Å². The van der Waals surface area contributed by atoms with E-state index in [4.69, 9.17) is 4.74 Å². The second kappa shape index (κ2) is 7.53. The molecule has 1 saturated heterocycles. The maximum atomic E-state index is 12.0. The number of thiazole rings is 1. The number of carbonyl (C=O) groups excluding carboxylic acids is 1. The molecule has 124 valence electrons. The van der Waals surface area contributed by atoms with E-state index in [9.17, 15) is 4.79 Å². The first-order valence-electron chi connectivity index (χ1n) is 7.71. The molecule has 23 heavy (non-hydrogen) atoms. The van der Waals surface area contributed by atoms with Crippen molar-refractivity contribution in [2.45, 2.75) is 39.0 Å². The summed E-state index contributed by atoms with van der Waals surface area (Å²) in [6.45, 7) is 6.83. The lowest BCUT2D eigenvalue weighted by atomic mass is 10.2. The Bertz CT molecular complexity index is 632. The highest BCUT2D eigenvalue weighted by Crippen LogP contribution is 2.19. The predicted molar refractivity (Wildman–Crippen MR) is 94.1 cm³/mol. The molecule has 5 nitrogen and oxygen atoms in total. The van der Waals surface area contributed by atoms with Crippen LogP contribution in [0.3, 0.4) is 0 Å². The highest BCUT2D eigenvalue weighted by atomic mass is 32.1. The number of nitrogens with one attached hydrogen (secondary N) is 1. The molecule has 0 aliphatic carbocycles. The van der Waals surface area contributed by atoms with E-state index in [1.807, 2.05) is 22.2 Å². The van der Waals surface area contributed by atoms with Crippen molar-refractivity contribution >= 4 is 33.7 Å². The average molecular weight is 351 g/mol. The lowest BCUT2D eigenvalue weighted by Crippen LogP contribution is -2.44. The quantitative estimate of drug-likeness (QED) is 0.900. The van der Waals surface area contributed by atoms with E-state index in [2.05, 4.69) is 29.0 Å². The molecule has 0 bridgehead atoms. The fourth-order valence-corrected chi connectivity index (χ4v) is 4.21. The number of anilines is 1. The Labute approximate surface area is 144 Å². The molecule has 0 aromatic carbocycles. The van der Waals surface area contributed by atoms with E-state index < -0.39 is 0 Å². The van der Waals surface area contributed by atoms with E-state index in [-0.39, 0.29) is 18.1 Å². The average Bonchev–Trinajstić information content (AvgIpc) is 3.10. The number of thiophene rings is 1. The molecule has 2 unspecified atom stereocenters. The number of ether oxygens (including phenoxy) is 1. The zero-order valence-electron chi connectivity index (χ0n) is 13.3. The van der Waals surface area contributed by atoms with Crippen LogP contribution >= 0.6 is 22.7 Å². The molecule has 7 heteroatoms. The van der Waals surface area contributed by atoms with Crippen molar-refractivity contribution in [1.29, 1.82) is 0 Å². The highest BCUT2D eigenvalue weighted by Gasteiger charge is 2.22. The Morgan fingerprint density at radius 2 is 2.17 bits per heavy atom. The van der Waals surface area contributed by atoms with Gasteiger partial charge in [-0.05, 0) is 36.2 Å². The van der Waals surface area contributed by atoms with Crippen LogP contribution in [0.5, 0.6) is 0 Å². The van der Waals surface area contributed by atoms with Gasteiger partial charge in [0.05, 0.1) is 24.3 Å².